The molecule has 0 aromatic rings. The van der Waals surface area contributed by atoms with Crippen LogP contribution in [0.25, 0.3) is 0 Å². The van der Waals surface area contributed by atoms with Crippen LogP contribution in [-0.2, 0) is 9.09 Å². The number of hydrogen-bond donors (Lipinski definition) is 1. The molecule has 11 heavy (non-hydrogen) atoms. The maximum absolute atomic E-state index is 11.2. The molecule has 0 radical (unpaired) electrons. The topological polar surface area (TPSA) is 49.8 Å². The predicted octanol–water partition coefficient (Wildman–Crippen LogP) is 1.46. The van der Waals surface area contributed by atoms with Gasteiger partial charge in [0.2, 0.25) is 0 Å². The van der Waals surface area contributed by atoms with E-state index in [0.717, 1.165) is 0 Å². The fourth-order valence-electron chi connectivity index (χ4n) is 0.502. The molecule has 4 nitrogen and oxygen atoms in total. The summed E-state index contributed by atoms with van der Waals surface area (Å²) in [7, 11) is -0.768. The molecule has 0 aromatic heterocycles. The first kappa shape index (κ1) is 11.1. The Morgan fingerprint density at radius 3 is 1.91 bits per heavy atom. The van der Waals surface area contributed by atoms with E-state index in [4.69, 9.17) is 0 Å². The van der Waals surface area contributed by atoms with Crippen LogP contribution in [0.5, 0.6) is 0 Å². The minimum atomic E-state index is -3.55. The molecular formula is C6H16NO3P. The van der Waals surface area contributed by atoms with Crippen LogP contribution in [-0.4, -0.2) is 29.3 Å². The van der Waals surface area contributed by atoms with E-state index in [9.17, 15) is 9.46 Å². The van der Waals surface area contributed by atoms with E-state index in [0.29, 0.717) is 0 Å². The van der Waals surface area contributed by atoms with Crippen molar-refractivity contribution in [3.63, 3.8) is 0 Å². The summed E-state index contributed by atoms with van der Waals surface area (Å²) in [6.07, 6.45) is 0. The van der Waals surface area contributed by atoms with Gasteiger partial charge in [0.05, 0.1) is 0 Å². The molecule has 0 spiro atoms. The predicted molar refractivity (Wildman–Crippen MR) is 44.4 cm³/mol. The Kier molecular flexibility index (Phi) is 3.27. The van der Waals surface area contributed by atoms with Crippen LogP contribution in [0.1, 0.15) is 20.8 Å². The number of nitrogens with zero attached hydrogens (tertiary/aromatic N) is 1. The zero-order valence-corrected chi connectivity index (χ0v) is 8.55. The molecule has 0 fully saturated rings. The molecule has 0 rings (SSSR count). The average molecular weight is 181 g/mol. The summed E-state index contributed by atoms with van der Waals surface area (Å²) in [6.45, 7) is 5.53. The maximum atomic E-state index is 11.2. The van der Waals surface area contributed by atoms with Crippen molar-refractivity contribution in [2.75, 3.05) is 14.2 Å². The third-order valence-corrected chi connectivity index (χ3v) is 3.42. The highest BCUT2D eigenvalue weighted by atomic mass is 31.2. The van der Waals surface area contributed by atoms with Crippen LogP contribution in [0, 0.1) is 0 Å². The summed E-state index contributed by atoms with van der Waals surface area (Å²) in [4.78, 5) is 9.19. The van der Waals surface area contributed by atoms with Crippen LogP contribution >= 0.6 is 7.75 Å². The lowest BCUT2D eigenvalue weighted by molar-refractivity contribution is 0.190. The summed E-state index contributed by atoms with van der Waals surface area (Å²) in [5.74, 6) is 0. The van der Waals surface area contributed by atoms with Crippen molar-refractivity contribution in [1.82, 2.24) is 4.67 Å². The third kappa shape index (κ3) is 2.91. The Morgan fingerprint density at radius 1 is 1.45 bits per heavy atom. The van der Waals surface area contributed by atoms with E-state index in [1.165, 1.54) is 11.8 Å². The molecule has 0 aliphatic heterocycles. The minimum Gasteiger partial charge on any atom is -0.312 e. The lowest BCUT2D eigenvalue weighted by Gasteiger charge is -2.33. The van der Waals surface area contributed by atoms with Gasteiger partial charge in [-0.15, -0.1) is 0 Å². The fraction of sp³-hybridized carbons (Fsp3) is 1.00. The van der Waals surface area contributed by atoms with E-state index < -0.39 is 7.75 Å². The second kappa shape index (κ2) is 3.23. The van der Waals surface area contributed by atoms with Gasteiger partial charge in [0.15, 0.2) is 0 Å². The standard InChI is InChI=1S/C6H16NO3P/c1-6(2,3)7(4)11(8,9)10-5/h1-5H3,(H,8,9). The summed E-state index contributed by atoms with van der Waals surface area (Å²) in [6, 6.07) is 0. The van der Waals surface area contributed by atoms with Crippen molar-refractivity contribution in [3.05, 3.63) is 0 Å². The molecule has 5 heteroatoms. The van der Waals surface area contributed by atoms with Gasteiger partial charge >= 0.3 is 7.75 Å². The SMILES string of the molecule is COP(=O)(O)N(C)C(C)(C)C. The molecule has 0 saturated heterocycles. The molecule has 0 bridgehead atoms. The van der Waals surface area contributed by atoms with Gasteiger partial charge in [-0.3, -0.25) is 0 Å². The van der Waals surface area contributed by atoms with Crippen molar-refractivity contribution in [2.24, 2.45) is 0 Å². The molecule has 1 N–H and O–H groups in total. The van der Waals surface area contributed by atoms with Gasteiger partial charge in [0.25, 0.3) is 0 Å². The van der Waals surface area contributed by atoms with E-state index in [-0.39, 0.29) is 5.54 Å². The van der Waals surface area contributed by atoms with E-state index in [1.54, 1.807) is 7.05 Å². The largest absolute Gasteiger partial charge is 0.405 e. The van der Waals surface area contributed by atoms with Crippen LogP contribution in [0.4, 0.5) is 0 Å². The van der Waals surface area contributed by atoms with Crippen LogP contribution in [0.3, 0.4) is 0 Å². The van der Waals surface area contributed by atoms with Crippen molar-refractivity contribution in [2.45, 2.75) is 26.3 Å². The van der Waals surface area contributed by atoms with Crippen molar-refractivity contribution in [1.29, 1.82) is 0 Å². The van der Waals surface area contributed by atoms with Crippen LogP contribution in [0.2, 0.25) is 0 Å². The van der Waals surface area contributed by atoms with Crippen molar-refractivity contribution in [3.8, 4) is 0 Å². The molecule has 0 saturated carbocycles. The molecule has 0 aliphatic rings. The van der Waals surface area contributed by atoms with Crippen LogP contribution in [0.15, 0.2) is 0 Å². The molecule has 1 atom stereocenters. The first-order valence-corrected chi connectivity index (χ1v) is 4.87. The molecule has 0 aromatic carbocycles. The highest BCUT2D eigenvalue weighted by Crippen LogP contribution is 2.47. The lowest BCUT2D eigenvalue weighted by atomic mass is 10.1. The molecule has 0 aliphatic carbocycles. The maximum Gasteiger partial charge on any atom is 0.405 e. The second-order valence-corrected chi connectivity index (χ2v) is 5.31. The third-order valence-electron chi connectivity index (χ3n) is 1.59. The van der Waals surface area contributed by atoms with Crippen LogP contribution < -0.4 is 0 Å². The van der Waals surface area contributed by atoms with E-state index in [2.05, 4.69) is 4.52 Å². The molecule has 0 heterocycles. The van der Waals surface area contributed by atoms with Gasteiger partial charge in [-0.25, -0.2) is 9.24 Å². The van der Waals surface area contributed by atoms with Crippen molar-refractivity contribution >= 4 is 7.75 Å². The van der Waals surface area contributed by atoms with E-state index in [1.807, 2.05) is 20.8 Å². The second-order valence-electron chi connectivity index (χ2n) is 3.37. The smallest absolute Gasteiger partial charge is 0.312 e. The highest BCUT2D eigenvalue weighted by molar-refractivity contribution is 7.50. The summed E-state index contributed by atoms with van der Waals surface area (Å²) in [5, 5.41) is 0. The first-order valence-electron chi connectivity index (χ1n) is 3.34. The zero-order chi connectivity index (χ0) is 9.28. The number of rotatable bonds is 2. The molecule has 0 amide bonds. The summed E-state index contributed by atoms with van der Waals surface area (Å²) < 4.78 is 17.0. The summed E-state index contributed by atoms with van der Waals surface area (Å²) >= 11 is 0. The zero-order valence-electron chi connectivity index (χ0n) is 7.66. The first-order chi connectivity index (χ1) is 4.72. The van der Waals surface area contributed by atoms with Gasteiger partial charge in [-0.05, 0) is 27.8 Å². The van der Waals surface area contributed by atoms with Gasteiger partial charge in [-0.2, -0.15) is 0 Å². The Hall–Kier alpha value is 0.110. The Balaban J connectivity index is 4.49. The fourth-order valence-corrected chi connectivity index (χ4v) is 1.50. The van der Waals surface area contributed by atoms with Gasteiger partial charge in [0.1, 0.15) is 0 Å². The van der Waals surface area contributed by atoms with Gasteiger partial charge in [-0.1, -0.05) is 0 Å². The Labute approximate surface area is 67.8 Å². The number of hydrogen-bond acceptors (Lipinski definition) is 2. The minimum absolute atomic E-state index is 0.361. The molecular weight excluding hydrogens is 165 g/mol. The normalized spacial score (nSPS) is 18.5. The Morgan fingerprint density at radius 2 is 1.82 bits per heavy atom. The van der Waals surface area contributed by atoms with E-state index >= 15 is 0 Å². The quantitative estimate of drug-likeness (QED) is 0.655. The monoisotopic (exact) mass is 181 g/mol. The molecule has 68 valence electrons. The van der Waals surface area contributed by atoms with Gasteiger partial charge < -0.3 is 9.42 Å². The highest BCUT2D eigenvalue weighted by Gasteiger charge is 2.33. The summed E-state index contributed by atoms with van der Waals surface area (Å²) in [5.41, 5.74) is -0.361. The Bertz CT molecular complexity index is 175. The van der Waals surface area contributed by atoms with Crippen molar-refractivity contribution < 1.29 is 14.0 Å². The van der Waals surface area contributed by atoms with Gasteiger partial charge in [0, 0.05) is 12.6 Å². The average Bonchev–Trinajstić information content (AvgIpc) is 1.84. The lowest BCUT2D eigenvalue weighted by Crippen LogP contribution is -2.35. The molecule has 1 unspecified atom stereocenters.